The summed E-state index contributed by atoms with van der Waals surface area (Å²) in [7, 11) is 0. The summed E-state index contributed by atoms with van der Waals surface area (Å²) in [6, 6.07) is 4.81. The summed E-state index contributed by atoms with van der Waals surface area (Å²) in [5, 5.41) is 2.79. The highest BCUT2D eigenvalue weighted by Crippen LogP contribution is 2.31. The fourth-order valence-corrected chi connectivity index (χ4v) is 1.87. The van der Waals surface area contributed by atoms with Crippen molar-refractivity contribution in [2.45, 2.75) is 25.2 Å². The molecule has 6 heteroatoms. The average molecular weight is 259 g/mol. The molecule has 1 aliphatic heterocycles. The van der Waals surface area contributed by atoms with Gasteiger partial charge in [0.2, 0.25) is 0 Å². The molecule has 2 rings (SSSR count). The van der Waals surface area contributed by atoms with E-state index in [0.717, 1.165) is 6.07 Å². The molecule has 1 N–H and O–H groups in total. The second-order valence-electron chi connectivity index (χ2n) is 4.04. The minimum Gasteiger partial charge on any atom is -0.464 e. The van der Waals surface area contributed by atoms with E-state index in [-0.39, 0.29) is 12.1 Å². The third kappa shape index (κ3) is 2.81. The molecule has 1 aromatic rings. The number of halogens is 3. The van der Waals surface area contributed by atoms with Crippen molar-refractivity contribution in [3.63, 3.8) is 0 Å². The lowest BCUT2D eigenvalue weighted by Crippen LogP contribution is -2.33. The van der Waals surface area contributed by atoms with E-state index in [0.29, 0.717) is 13.0 Å². The Hall–Kier alpha value is -1.56. The quantitative estimate of drug-likeness (QED) is 0.845. The van der Waals surface area contributed by atoms with Crippen LogP contribution in [0, 0.1) is 0 Å². The van der Waals surface area contributed by atoms with Gasteiger partial charge in [0.1, 0.15) is 6.04 Å². The highest BCUT2D eigenvalue weighted by Gasteiger charge is 2.33. The molecular weight excluding hydrogens is 247 g/mol. The number of benzene rings is 1. The maximum Gasteiger partial charge on any atom is 0.416 e. The van der Waals surface area contributed by atoms with E-state index in [9.17, 15) is 18.0 Å². The third-order valence-corrected chi connectivity index (χ3v) is 2.80. The molecule has 1 aliphatic rings. The summed E-state index contributed by atoms with van der Waals surface area (Å²) in [4.78, 5) is 11.2. The van der Waals surface area contributed by atoms with Gasteiger partial charge in [-0.3, -0.25) is 4.79 Å². The van der Waals surface area contributed by atoms with Crippen LogP contribution in [0.5, 0.6) is 0 Å². The molecule has 0 spiro atoms. The fraction of sp³-hybridized carbons (Fsp3) is 0.417. The van der Waals surface area contributed by atoms with Crippen LogP contribution in [0.15, 0.2) is 24.3 Å². The van der Waals surface area contributed by atoms with Crippen LogP contribution in [0.25, 0.3) is 0 Å². The molecule has 0 aromatic heterocycles. The number of esters is 1. The number of cyclic esters (lactones) is 1. The van der Waals surface area contributed by atoms with Crippen molar-refractivity contribution in [1.29, 1.82) is 0 Å². The highest BCUT2D eigenvalue weighted by atomic mass is 19.4. The summed E-state index contributed by atoms with van der Waals surface area (Å²) < 4.78 is 42.8. The van der Waals surface area contributed by atoms with Gasteiger partial charge in [-0.25, -0.2) is 0 Å². The zero-order chi connectivity index (χ0) is 13.2. The number of carbonyl (C=O) groups excluding carboxylic acids is 1. The van der Waals surface area contributed by atoms with Gasteiger partial charge in [0.15, 0.2) is 0 Å². The molecule has 1 unspecified atom stereocenters. The Bertz CT molecular complexity index is 445. The molecule has 1 aromatic carbocycles. The number of ether oxygens (including phenoxy) is 1. The Morgan fingerprint density at radius 2 is 2.06 bits per heavy atom. The number of carbonyl (C=O) groups is 1. The minimum absolute atomic E-state index is 0.00451. The molecule has 0 saturated carbocycles. The zero-order valence-electron chi connectivity index (χ0n) is 9.46. The van der Waals surface area contributed by atoms with E-state index in [1.165, 1.54) is 12.1 Å². The summed E-state index contributed by atoms with van der Waals surface area (Å²) in [5.41, 5.74) is -0.548. The van der Waals surface area contributed by atoms with Crippen LogP contribution in [0.1, 0.15) is 17.5 Å². The molecule has 3 nitrogen and oxygen atoms in total. The van der Waals surface area contributed by atoms with E-state index in [1.807, 2.05) is 0 Å². The summed E-state index contributed by atoms with van der Waals surface area (Å²) in [6.07, 6.45) is -3.89. The second-order valence-corrected chi connectivity index (χ2v) is 4.04. The minimum atomic E-state index is -4.38. The van der Waals surface area contributed by atoms with Crippen molar-refractivity contribution in [2.75, 3.05) is 6.61 Å². The molecule has 0 amide bonds. The zero-order valence-corrected chi connectivity index (χ0v) is 9.46. The van der Waals surface area contributed by atoms with Gasteiger partial charge in [0, 0.05) is 13.0 Å². The third-order valence-electron chi connectivity index (χ3n) is 2.80. The maximum absolute atomic E-state index is 12.7. The van der Waals surface area contributed by atoms with Crippen LogP contribution in [-0.4, -0.2) is 18.6 Å². The average Bonchev–Trinajstić information content (AvgIpc) is 2.71. The van der Waals surface area contributed by atoms with E-state index in [4.69, 9.17) is 4.74 Å². The van der Waals surface area contributed by atoms with Gasteiger partial charge in [-0.05, 0) is 11.6 Å². The number of hydrogen-bond acceptors (Lipinski definition) is 3. The van der Waals surface area contributed by atoms with Gasteiger partial charge in [0.25, 0.3) is 0 Å². The molecule has 0 bridgehead atoms. The lowest BCUT2D eigenvalue weighted by molar-refractivity contribution is -0.139. The summed E-state index contributed by atoms with van der Waals surface area (Å²) >= 11 is 0. The van der Waals surface area contributed by atoms with Crippen LogP contribution in [0.3, 0.4) is 0 Å². The normalized spacial score (nSPS) is 19.9. The Kier molecular flexibility index (Phi) is 3.56. The predicted molar refractivity (Wildman–Crippen MR) is 57.6 cm³/mol. The molecule has 0 aliphatic carbocycles. The smallest absolute Gasteiger partial charge is 0.416 e. The standard InChI is InChI=1S/C12H12F3NO2/c13-12(14,15)9-4-2-1-3-8(9)7-16-10-5-6-18-11(10)17/h1-4,10,16H,5-7H2. The monoisotopic (exact) mass is 259 g/mol. The van der Waals surface area contributed by atoms with Gasteiger partial charge in [-0.2, -0.15) is 13.2 Å². The first-order valence-corrected chi connectivity index (χ1v) is 5.53. The number of hydrogen-bond donors (Lipinski definition) is 1. The first-order chi connectivity index (χ1) is 8.48. The molecular formula is C12H12F3NO2. The van der Waals surface area contributed by atoms with Crippen molar-refractivity contribution in [1.82, 2.24) is 5.32 Å². The lowest BCUT2D eigenvalue weighted by atomic mass is 10.1. The Morgan fingerprint density at radius 3 is 2.67 bits per heavy atom. The van der Waals surface area contributed by atoms with Gasteiger partial charge in [-0.15, -0.1) is 0 Å². The Morgan fingerprint density at radius 1 is 1.33 bits per heavy atom. The van der Waals surface area contributed by atoms with Crippen molar-refractivity contribution in [2.24, 2.45) is 0 Å². The Balaban J connectivity index is 2.07. The van der Waals surface area contributed by atoms with E-state index < -0.39 is 23.8 Å². The largest absolute Gasteiger partial charge is 0.464 e. The molecule has 1 fully saturated rings. The number of alkyl halides is 3. The molecule has 98 valence electrons. The van der Waals surface area contributed by atoms with Gasteiger partial charge >= 0.3 is 12.1 Å². The topological polar surface area (TPSA) is 38.3 Å². The summed E-state index contributed by atoms with van der Waals surface area (Å²) in [6.45, 7) is 0.312. The SMILES string of the molecule is O=C1OCCC1NCc1ccccc1C(F)(F)F. The predicted octanol–water partition coefficient (Wildman–Crippen LogP) is 2.11. The van der Waals surface area contributed by atoms with Gasteiger partial charge in [0.05, 0.1) is 12.2 Å². The van der Waals surface area contributed by atoms with Crippen molar-refractivity contribution >= 4 is 5.97 Å². The first kappa shape index (κ1) is 12.9. The van der Waals surface area contributed by atoms with E-state index in [2.05, 4.69) is 5.32 Å². The van der Waals surface area contributed by atoms with E-state index >= 15 is 0 Å². The molecule has 1 saturated heterocycles. The van der Waals surface area contributed by atoms with Crippen LogP contribution in [-0.2, 0) is 22.3 Å². The molecule has 1 heterocycles. The van der Waals surface area contributed by atoms with Crippen LogP contribution in [0.2, 0.25) is 0 Å². The molecule has 18 heavy (non-hydrogen) atoms. The van der Waals surface area contributed by atoms with Crippen LogP contribution >= 0.6 is 0 Å². The van der Waals surface area contributed by atoms with Gasteiger partial charge < -0.3 is 10.1 Å². The second kappa shape index (κ2) is 4.97. The van der Waals surface area contributed by atoms with Crippen molar-refractivity contribution < 1.29 is 22.7 Å². The van der Waals surface area contributed by atoms with Crippen molar-refractivity contribution in [3.05, 3.63) is 35.4 Å². The maximum atomic E-state index is 12.7. The van der Waals surface area contributed by atoms with Crippen LogP contribution < -0.4 is 5.32 Å². The lowest BCUT2D eigenvalue weighted by Gasteiger charge is -2.14. The van der Waals surface area contributed by atoms with E-state index in [1.54, 1.807) is 6.07 Å². The fourth-order valence-electron chi connectivity index (χ4n) is 1.87. The van der Waals surface area contributed by atoms with Crippen molar-refractivity contribution in [3.8, 4) is 0 Å². The highest BCUT2D eigenvalue weighted by molar-refractivity contribution is 5.77. The summed E-state index contributed by atoms with van der Waals surface area (Å²) in [5.74, 6) is -0.403. The van der Waals surface area contributed by atoms with Crippen LogP contribution in [0.4, 0.5) is 13.2 Å². The first-order valence-electron chi connectivity index (χ1n) is 5.53. The number of rotatable bonds is 3. The Labute approximate surface area is 102 Å². The van der Waals surface area contributed by atoms with Gasteiger partial charge in [-0.1, -0.05) is 18.2 Å². The molecule has 0 radical (unpaired) electrons. The molecule has 1 atom stereocenters. The number of nitrogens with one attached hydrogen (secondary N) is 1.